The Kier molecular flexibility index (Phi) is 6.34. The second-order valence-corrected chi connectivity index (χ2v) is 10.4. The van der Waals surface area contributed by atoms with E-state index < -0.39 is 10.0 Å². The maximum Gasteiger partial charge on any atom is 0.254 e. The number of benzene rings is 2. The lowest BCUT2D eigenvalue weighted by atomic mass is 10.1. The highest BCUT2D eigenvalue weighted by atomic mass is 32.2. The number of nitrogens with zero attached hydrogens (tertiary/aromatic N) is 2. The van der Waals surface area contributed by atoms with E-state index in [2.05, 4.69) is 0 Å². The SMILES string of the molecule is COc1ccc(CN(C(=O)c2ccc(S(=O)(=O)N3CCCC[C@@H]3C)cc2)C2CC2)cc1. The topological polar surface area (TPSA) is 66.9 Å². The molecule has 0 N–H and O–H groups in total. The number of amides is 1. The van der Waals surface area contributed by atoms with Gasteiger partial charge in [0.25, 0.3) is 5.91 Å². The summed E-state index contributed by atoms with van der Waals surface area (Å²) in [5.74, 6) is 0.724. The summed E-state index contributed by atoms with van der Waals surface area (Å²) in [6, 6.07) is 14.4. The lowest BCUT2D eigenvalue weighted by molar-refractivity contribution is 0.0730. The quantitative estimate of drug-likeness (QED) is 0.649. The molecule has 7 heteroatoms. The Morgan fingerprint density at radius 3 is 2.29 bits per heavy atom. The van der Waals surface area contributed by atoms with E-state index >= 15 is 0 Å². The Morgan fingerprint density at radius 1 is 1.03 bits per heavy atom. The van der Waals surface area contributed by atoms with Crippen LogP contribution in [0.15, 0.2) is 53.4 Å². The molecule has 166 valence electrons. The van der Waals surface area contributed by atoms with Gasteiger partial charge in [-0.1, -0.05) is 18.6 Å². The standard InChI is InChI=1S/C24H30N2O4S/c1-18-5-3-4-16-26(18)31(28,29)23-14-8-20(9-15-23)24(27)25(21-10-11-21)17-19-6-12-22(30-2)13-7-19/h6-9,12-15,18,21H,3-5,10-11,16-17H2,1-2H3/t18-/m0/s1. The Morgan fingerprint density at radius 2 is 1.71 bits per heavy atom. The molecule has 6 nitrogen and oxygen atoms in total. The molecule has 4 rings (SSSR count). The van der Waals surface area contributed by atoms with E-state index in [0.29, 0.717) is 18.7 Å². The minimum absolute atomic E-state index is 0.00918. The number of sulfonamides is 1. The average Bonchev–Trinajstić information content (AvgIpc) is 3.63. The van der Waals surface area contributed by atoms with Crippen molar-refractivity contribution in [3.8, 4) is 5.75 Å². The summed E-state index contributed by atoms with van der Waals surface area (Å²) in [5, 5.41) is 0. The van der Waals surface area contributed by atoms with Gasteiger partial charge in [0.1, 0.15) is 5.75 Å². The van der Waals surface area contributed by atoms with Crippen molar-refractivity contribution in [2.45, 2.75) is 62.6 Å². The van der Waals surface area contributed by atoms with Crippen molar-refractivity contribution in [3.63, 3.8) is 0 Å². The van der Waals surface area contributed by atoms with Crippen molar-refractivity contribution in [2.24, 2.45) is 0 Å². The highest BCUT2D eigenvalue weighted by Crippen LogP contribution is 2.31. The van der Waals surface area contributed by atoms with Crippen LogP contribution < -0.4 is 4.74 Å². The van der Waals surface area contributed by atoms with E-state index in [0.717, 1.165) is 43.4 Å². The third kappa shape index (κ3) is 4.77. The number of hydrogen-bond donors (Lipinski definition) is 0. The predicted molar refractivity (Wildman–Crippen MR) is 120 cm³/mol. The average molecular weight is 443 g/mol. The molecule has 0 radical (unpaired) electrons. The van der Waals surface area contributed by atoms with Gasteiger partial charge in [-0.05, 0) is 74.6 Å². The monoisotopic (exact) mass is 442 g/mol. The van der Waals surface area contributed by atoms with Crippen LogP contribution in [0.25, 0.3) is 0 Å². The molecule has 2 fully saturated rings. The van der Waals surface area contributed by atoms with Crippen molar-refractivity contribution >= 4 is 15.9 Å². The Hall–Kier alpha value is -2.38. The zero-order valence-electron chi connectivity index (χ0n) is 18.2. The largest absolute Gasteiger partial charge is 0.497 e. The number of carbonyl (C=O) groups excluding carboxylic acids is 1. The smallest absolute Gasteiger partial charge is 0.254 e. The third-order valence-electron chi connectivity index (χ3n) is 6.21. The molecule has 1 atom stereocenters. The molecule has 31 heavy (non-hydrogen) atoms. The lowest BCUT2D eigenvalue weighted by Crippen LogP contribution is -2.41. The highest BCUT2D eigenvalue weighted by molar-refractivity contribution is 7.89. The summed E-state index contributed by atoms with van der Waals surface area (Å²) in [5.41, 5.74) is 1.56. The number of methoxy groups -OCH3 is 1. The third-order valence-corrected chi connectivity index (χ3v) is 8.24. The Balaban J connectivity index is 1.50. The van der Waals surface area contributed by atoms with Crippen molar-refractivity contribution in [1.29, 1.82) is 0 Å². The number of carbonyl (C=O) groups is 1. The fourth-order valence-corrected chi connectivity index (χ4v) is 5.88. The summed E-state index contributed by atoms with van der Waals surface area (Å²) in [6.45, 7) is 3.04. The molecular formula is C24H30N2O4S. The van der Waals surface area contributed by atoms with E-state index in [-0.39, 0.29) is 22.9 Å². The molecule has 0 unspecified atom stereocenters. The van der Waals surface area contributed by atoms with E-state index in [1.165, 1.54) is 0 Å². The van der Waals surface area contributed by atoms with Gasteiger partial charge in [0.15, 0.2) is 0 Å². The van der Waals surface area contributed by atoms with Gasteiger partial charge in [-0.15, -0.1) is 0 Å². The molecule has 2 aromatic rings. The van der Waals surface area contributed by atoms with Gasteiger partial charge >= 0.3 is 0 Å². The van der Waals surface area contributed by atoms with Gasteiger partial charge in [0.2, 0.25) is 10.0 Å². The summed E-state index contributed by atoms with van der Waals surface area (Å²) >= 11 is 0. The van der Waals surface area contributed by atoms with Crippen LogP contribution in [0.5, 0.6) is 5.75 Å². The lowest BCUT2D eigenvalue weighted by Gasteiger charge is -2.32. The summed E-state index contributed by atoms with van der Waals surface area (Å²) in [4.78, 5) is 15.4. The van der Waals surface area contributed by atoms with Crippen LogP contribution in [0.2, 0.25) is 0 Å². The summed E-state index contributed by atoms with van der Waals surface area (Å²) in [7, 11) is -1.91. The fraction of sp³-hybridized carbons (Fsp3) is 0.458. The van der Waals surface area contributed by atoms with Crippen molar-refractivity contribution < 1.29 is 17.9 Å². The second kappa shape index (κ2) is 9.01. The molecule has 0 spiro atoms. The molecule has 2 aliphatic rings. The van der Waals surface area contributed by atoms with Gasteiger partial charge in [-0.2, -0.15) is 4.31 Å². The zero-order valence-corrected chi connectivity index (χ0v) is 19.0. The molecule has 1 saturated carbocycles. The van der Waals surface area contributed by atoms with Crippen molar-refractivity contribution in [3.05, 3.63) is 59.7 Å². The Bertz CT molecular complexity index is 1010. The zero-order chi connectivity index (χ0) is 22.0. The van der Waals surface area contributed by atoms with Crippen LogP contribution >= 0.6 is 0 Å². The highest BCUT2D eigenvalue weighted by Gasteiger charge is 2.34. The normalized spacial score (nSPS) is 19.7. The first-order valence-electron chi connectivity index (χ1n) is 11.0. The minimum Gasteiger partial charge on any atom is -0.497 e. The van der Waals surface area contributed by atoms with Gasteiger partial charge in [0, 0.05) is 30.7 Å². The molecule has 0 bridgehead atoms. The maximum absolute atomic E-state index is 13.2. The van der Waals surface area contributed by atoms with Crippen LogP contribution in [0.1, 0.15) is 54.9 Å². The van der Waals surface area contributed by atoms with E-state index in [9.17, 15) is 13.2 Å². The first-order chi connectivity index (χ1) is 14.9. The number of hydrogen-bond acceptors (Lipinski definition) is 4. The van der Waals surface area contributed by atoms with Gasteiger partial charge in [0.05, 0.1) is 12.0 Å². The van der Waals surface area contributed by atoms with Crippen LogP contribution in [0.4, 0.5) is 0 Å². The molecule has 1 amide bonds. The number of piperidine rings is 1. The van der Waals surface area contributed by atoms with Crippen molar-refractivity contribution in [1.82, 2.24) is 9.21 Å². The van der Waals surface area contributed by atoms with Crippen LogP contribution in [0, 0.1) is 0 Å². The molecule has 2 aromatic carbocycles. The van der Waals surface area contributed by atoms with Crippen LogP contribution in [0.3, 0.4) is 0 Å². The first-order valence-corrected chi connectivity index (χ1v) is 12.4. The van der Waals surface area contributed by atoms with E-state index in [4.69, 9.17) is 4.74 Å². The molecule has 1 saturated heterocycles. The predicted octanol–water partition coefficient (Wildman–Crippen LogP) is 4.06. The Labute approximate surface area is 184 Å². The minimum atomic E-state index is -3.54. The molecular weight excluding hydrogens is 412 g/mol. The van der Waals surface area contributed by atoms with Crippen LogP contribution in [-0.2, 0) is 16.6 Å². The maximum atomic E-state index is 13.2. The number of rotatable bonds is 7. The van der Waals surface area contributed by atoms with Gasteiger partial charge in [-0.3, -0.25) is 4.79 Å². The van der Waals surface area contributed by atoms with E-state index in [1.807, 2.05) is 36.1 Å². The van der Waals surface area contributed by atoms with E-state index in [1.54, 1.807) is 35.7 Å². The number of ether oxygens (including phenoxy) is 1. The molecule has 1 heterocycles. The van der Waals surface area contributed by atoms with Crippen LogP contribution in [-0.4, -0.2) is 49.3 Å². The fourth-order valence-electron chi connectivity index (χ4n) is 4.18. The molecule has 0 aromatic heterocycles. The van der Waals surface area contributed by atoms with Gasteiger partial charge in [-0.25, -0.2) is 8.42 Å². The summed E-state index contributed by atoms with van der Waals surface area (Å²) in [6.07, 6.45) is 4.84. The summed E-state index contributed by atoms with van der Waals surface area (Å²) < 4.78 is 32.9. The second-order valence-electron chi connectivity index (χ2n) is 8.50. The van der Waals surface area contributed by atoms with Crippen molar-refractivity contribution in [2.75, 3.05) is 13.7 Å². The first kappa shape index (κ1) is 21.8. The molecule has 1 aliphatic heterocycles. The van der Waals surface area contributed by atoms with Gasteiger partial charge < -0.3 is 9.64 Å². The molecule has 1 aliphatic carbocycles.